The summed E-state index contributed by atoms with van der Waals surface area (Å²) in [5.74, 6) is 0. The third-order valence-electron chi connectivity index (χ3n) is 7.08. The van der Waals surface area contributed by atoms with Crippen molar-refractivity contribution in [3.8, 4) is 11.1 Å². The van der Waals surface area contributed by atoms with E-state index in [1.165, 1.54) is 24.3 Å². The van der Waals surface area contributed by atoms with Crippen molar-refractivity contribution >= 4 is 58.0 Å². The van der Waals surface area contributed by atoms with E-state index in [-0.39, 0.29) is 0 Å². The standard InChI is InChI=1S/C30H14N4O4/c35-15-31-29(32-16-36)13-11-23-21(9-7-19-3-1-5-25(29)27(19)23)22-10-8-20-4-2-6-26-28(20)24(22)12-14-30(26,33-17-37)34-18-38/h1-14H. The van der Waals surface area contributed by atoms with Crippen LogP contribution in [0.1, 0.15) is 22.3 Å². The molecule has 4 aromatic carbocycles. The SMILES string of the molecule is O=C=NC1(N=C=O)C=Cc2c(-c3ccc4cccc5c4c3C=CC5(N=C=O)N=C=O)ccc3cccc1c23. The van der Waals surface area contributed by atoms with Crippen molar-refractivity contribution in [1.82, 2.24) is 0 Å². The van der Waals surface area contributed by atoms with Crippen molar-refractivity contribution in [2.45, 2.75) is 11.3 Å². The monoisotopic (exact) mass is 494 g/mol. The van der Waals surface area contributed by atoms with Gasteiger partial charge in [-0.2, -0.15) is 20.0 Å². The average molecular weight is 494 g/mol. The first kappa shape index (κ1) is 22.8. The molecule has 0 aliphatic heterocycles. The third kappa shape index (κ3) is 3.08. The molecule has 0 radical (unpaired) electrons. The molecule has 0 heterocycles. The summed E-state index contributed by atoms with van der Waals surface area (Å²) in [4.78, 5) is 60.6. The average Bonchev–Trinajstić information content (AvgIpc) is 2.93. The summed E-state index contributed by atoms with van der Waals surface area (Å²) in [6.45, 7) is 0. The second-order valence-electron chi connectivity index (χ2n) is 8.79. The zero-order valence-electron chi connectivity index (χ0n) is 19.5. The highest BCUT2D eigenvalue weighted by molar-refractivity contribution is 6.07. The first-order valence-electron chi connectivity index (χ1n) is 11.5. The molecular formula is C30H14N4O4. The molecule has 6 rings (SSSR count). The first-order valence-corrected chi connectivity index (χ1v) is 11.5. The number of hydrogen-bond donors (Lipinski definition) is 0. The Kier molecular flexibility index (Phi) is 5.11. The largest absolute Gasteiger partial charge is 0.238 e. The zero-order valence-corrected chi connectivity index (χ0v) is 19.5. The summed E-state index contributed by atoms with van der Waals surface area (Å²) in [7, 11) is 0. The summed E-state index contributed by atoms with van der Waals surface area (Å²) < 4.78 is 0. The molecule has 2 aliphatic rings. The molecule has 0 atom stereocenters. The van der Waals surface area contributed by atoms with Gasteiger partial charge in [0, 0.05) is 11.1 Å². The van der Waals surface area contributed by atoms with E-state index < -0.39 is 11.3 Å². The number of hydrogen-bond acceptors (Lipinski definition) is 8. The normalized spacial score (nSPS) is 20.1. The van der Waals surface area contributed by atoms with Crippen LogP contribution in [-0.2, 0) is 30.5 Å². The lowest BCUT2D eigenvalue weighted by molar-refractivity contribution is 0.525. The highest BCUT2D eigenvalue weighted by atomic mass is 16.1. The fraction of sp³-hybridized carbons (Fsp3) is 0.0667. The lowest BCUT2D eigenvalue weighted by atomic mass is 9.79. The number of carbonyl (C=O) groups excluding carboxylic acids is 4. The van der Waals surface area contributed by atoms with Crippen LogP contribution in [0.2, 0.25) is 0 Å². The van der Waals surface area contributed by atoms with Gasteiger partial charge in [-0.25, -0.2) is 19.2 Å². The van der Waals surface area contributed by atoms with Crippen LogP contribution in [0.15, 0.2) is 92.8 Å². The lowest BCUT2D eigenvalue weighted by Crippen LogP contribution is -2.21. The molecule has 0 aromatic heterocycles. The van der Waals surface area contributed by atoms with E-state index >= 15 is 0 Å². The van der Waals surface area contributed by atoms with Crippen LogP contribution >= 0.6 is 0 Å². The van der Waals surface area contributed by atoms with Crippen LogP contribution in [0.3, 0.4) is 0 Å². The van der Waals surface area contributed by atoms with E-state index in [2.05, 4.69) is 20.0 Å². The molecule has 38 heavy (non-hydrogen) atoms. The lowest BCUT2D eigenvalue weighted by Gasteiger charge is -2.28. The highest BCUT2D eigenvalue weighted by Gasteiger charge is 2.37. The van der Waals surface area contributed by atoms with Crippen LogP contribution in [-0.4, -0.2) is 24.3 Å². The molecule has 0 N–H and O–H groups in total. The van der Waals surface area contributed by atoms with E-state index in [0.717, 1.165) is 43.8 Å². The Bertz CT molecular complexity index is 1780. The van der Waals surface area contributed by atoms with E-state index in [9.17, 15) is 19.2 Å². The Hall–Kier alpha value is -5.60. The minimum atomic E-state index is -1.54. The van der Waals surface area contributed by atoms with Gasteiger partial charge in [-0.05, 0) is 56.0 Å². The molecule has 0 saturated heterocycles. The molecular weight excluding hydrogens is 480 g/mol. The fourth-order valence-electron chi connectivity index (χ4n) is 5.54. The minimum Gasteiger partial charge on any atom is -0.211 e. The number of benzene rings is 4. The Morgan fingerprint density at radius 3 is 1.26 bits per heavy atom. The Morgan fingerprint density at radius 1 is 0.500 bits per heavy atom. The van der Waals surface area contributed by atoms with E-state index in [1.54, 1.807) is 36.4 Å². The summed E-state index contributed by atoms with van der Waals surface area (Å²) >= 11 is 0. The van der Waals surface area contributed by atoms with E-state index in [0.29, 0.717) is 11.1 Å². The second-order valence-corrected chi connectivity index (χ2v) is 8.79. The smallest absolute Gasteiger partial charge is 0.211 e. The Labute approximate surface area is 214 Å². The van der Waals surface area contributed by atoms with Gasteiger partial charge in [0.15, 0.2) is 0 Å². The number of rotatable bonds is 5. The second kappa shape index (κ2) is 8.51. The van der Waals surface area contributed by atoms with Gasteiger partial charge in [-0.1, -0.05) is 72.8 Å². The maximum atomic E-state index is 11.3. The van der Waals surface area contributed by atoms with Gasteiger partial charge < -0.3 is 0 Å². The van der Waals surface area contributed by atoms with Crippen molar-refractivity contribution in [3.63, 3.8) is 0 Å². The summed E-state index contributed by atoms with van der Waals surface area (Å²) in [5, 5.41) is 3.33. The van der Waals surface area contributed by atoms with Crippen molar-refractivity contribution in [1.29, 1.82) is 0 Å². The number of isocyanates is 4. The molecule has 0 unspecified atom stereocenters. The molecule has 4 aromatic rings. The topological polar surface area (TPSA) is 118 Å². The number of nitrogens with zero attached hydrogens (tertiary/aromatic N) is 4. The maximum absolute atomic E-state index is 11.3. The van der Waals surface area contributed by atoms with Crippen molar-refractivity contribution < 1.29 is 19.2 Å². The van der Waals surface area contributed by atoms with Crippen LogP contribution in [0, 0.1) is 0 Å². The van der Waals surface area contributed by atoms with Crippen LogP contribution < -0.4 is 0 Å². The summed E-state index contributed by atoms with van der Waals surface area (Å²) in [6.07, 6.45) is 12.9. The van der Waals surface area contributed by atoms with Crippen LogP contribution in [0.25, 0.3) is 44.8 Å². The molecule has 0 bridgehead atoms. The minimum absolute atomic E-state index is 0.561. The quantitative estimate of drug-likeness (QED) is 0.274. The molecule has 0 fully saturated rings. The molecule has 8 nitrogen and oxygen atoms in total. The van der Waals surface area contributed by atoms with Gasteiger partial charge in [0.2, 0.25) is 35.6 Å². The van der Waals surface area contributed by atoms with Crippen molar-refractivity contribution in [3.05, 3.63) is 95.1 Å². The van der Waals surface area contributed by atoms with Gasteiger partial charge in [0.25, 0.3) is 0 Å². The fourth-order valence-corrected chi connectivity index (χ4v) is 5.54. The Balaban J connectivity index is 1.70. The Morgan fingerprint density at radius 2 is 0.895 bits per heavy atom. The predicted octanol–water partition coefficient (Wildman–Crippen LogP) is 5.36. The summed E-state index contributed by atoms with van der Waals surface area (Å²) in [5.41, 5.74) is 1.50. The molecule has 0 amide bonds. The van der Waals surface area contributed by atoms with E-state index in [4.69, 9.17) is 0 Å². The van der Waals surface area contributed by atoms with Crippen molar-refractivity contribution in [2.24, 2.45) is 20.0 Å². The molecule has 8 heteroatoms. The first-order chi connectivity index (χ1) is 18.6. The molecule has 178 valence electrons. The van der Waals surface area contributed by atoms with Gasteiger partial charge in [-0.3, -0.25) is 0 Å². The number of aliphatic imine (C=N–C) groups is 4. The molecule has 2 aliphatic carbocycles. The summed E-state index contributed by atoms with van der Waals surface area (Å²) in [6, 6.07) is 18.9. The van der Waals surface area contributed by atoms with Gasteiger partial charge >= 0.3 is 0 Å². The highest BCUT2D eigenvalue weighted by Crippen LogP contribution is 2.47. The van der Waals surface area contributed by atoms with Crippen LogP contribution in [0.5, 0.6) is 0 Å². The molecule has 0 spiro atoms. The van der Waals surface area contributed by atoms with Gasteiger partial charge in [-0.15, -0.1) is 0 Å². The third-order valence-corrected chi connectivity index (χ3v) is 7.08. The van der Waals surface area contributed by atoms with E-state index in [1.807, 2.05) is 48.5 Å². The maximum Gasteiger partial charge on any atom is 0.238 e. The van der Waals surface area contributed by atoms with Gasteiger partial charge in [0.05, 0.1) is 0 Å². The predicted molar refractivity (Wildman–Crippen MR) is 141 cm³/mol. The van der Waals surface area contributed by atoms with Crippen LogP contribution in [0.4, 0.5) is 0 Å². The molecule has 0 saturated carbocycles. The van der Waals surface area contributed by atoms with Gasteiger partial charge in [0.1, 0.15) is 0 Å². The van der Waals surface area contributed by atoms with Crippen molar-refractivity contribution in [2.75, 3.05) is 0 Å². The zero-order chi connectivity index (χ0) is 26.3.